The van der Waals surface area contributed by atoms with Crippen molar-refractivity contribution in [1.82, 2.24) is 0 Å². The lowest BCUT2D eigenvalue weighted by Gasteiger charge is -2.18. The van der Waals surface area contributed by atoms with Gasteiger partial charge in [-0.25, -0.2) is 0 Å². The third-order valence-electron chi connectivity index (χ3n) is 3.71. The highest BCUT2D eigenvalue weighted by Gasteiger charge is 2.10. The van der Waals surface area contributed by atoms with Crippen LogP contribution >= 0.6 is 0 Å². The number of unbranched alkanes of at least 4 members (excludes halogenated alkanes) is 1. The minimum atomic E-state index is 0.0933. The van der Waals surface area contributed by atoms with Gasteiger partial charge in [-0.1, -0.05) is 45.2 Å². The Morgan fingerprint density at radius 1 is 1.16 bits per heavy atom. The number of aryl methyl sites for hydroxylation is 2. The monoisotopic (exact) mass is 264 g/mol. The summed E-state index contributed by atoms with van der Waals surface area (Å²) in [6.45, 7) is 9.46. The van der Waals surface area contributed by atoms with Crippen LogP contribution in [0.1, 0.15) is 56.2 Å². The predicted molar refractivity (Wildman–Crippen MR) is 80.6 cm³/mol. The van der Waals surface area contributed by atoms with E-state index < -0.39 is 0 Å². The Morgan fingerprint density at radius 3 is 2.26 bits per heavy atom. The molecule has 1 N–H and O–H groups in total. The van der Waals surface area contributed by atoms with Gasteiger partial charge in [0.15, 0.2) is 0 Å². The summed E-state index contributed by atoms with van der Waals surface area (Å²) in [5, 5.41) is 9.19. The topological polar surface area (TPSA) is 29.5 Å². The van der Waals surface area contributed by atoms with Crippen molar-refractivity contribution in [2.45, 2.75) is 60.0 Å². The van der Waals surface area contributed by atoms with E-state index in [1.807, 2.05) is 12.1 Å². The van der Waals surface area contributed by atoms with Gasteiger partial charge in [-0.2, -0.15) is 0 Å². The molecule has 0 saturated heterocycles. The van der Waals surface area contributed by atoms with Crippen molar-refractivity contribution in [2.24, 2.45) is 5.92 Å². The molecule has 0 spiro atoms. The Balaban J connectivity index is 2.66. The third kappa shape index (κ3) is 4.87. The lowest BCUT2D eigenvalue weighted by atomic mass is 10.0. The molecule has 0 fully saturated rings. The van der Waals surface area contributed by atoms with Crippen LogP contribution in [0.15, 0.2) is 12.1 Å². The molecule has 0 bridgehead atoms. The van der Waals surface area contributed by atoms with Crippen LogP contribution in [0.3, 0.4) is 0 Å². The van der Waals surface area contributed by atoms with Crippen LogP contribution in [-0.2, 0) is 6.61 Å². The first-order valence-electron chi connectivity index (χ1n) is 7.46. The van der Waals surface area contributed by atoms with Crippen LogP contribution in [0.5, 0.6) is 5.75 Å². The number of aliphatic hydroxyl groups is 1. The molecule has 0 aliphatic rings. The standard InChI is InChI=1S/C17H28O2/c1-5-7-8-15(6-2)12-19-17-13(3)9-16(11-18)10-14(17)4/h9-10,15,18H,5-8,11-12H2,1-4H3. The van der Waals surface area contributed by atoms with E-state index in [1.165, 1.54) is 25.7 Å². The summed E-state index contributed by atoms with van der Waals surface area (Å²) >= 11 is 0. The number of aliphatic hydroxyl groups excluding tert-OH is 1. The van der Waals surface area contributed by atoms with Crippen LogP contribution in [-0.4, -0.2) is 11.7 Å². The summed E-state index contributed by atoms with van der Waals surface area (Å²) < 4.78 is 6.04. The van der Waals surface area contributed by atoms with Gasteiger partial charge in [-0.15, -0.1) is 0 Å². The Hall–Kier alpha value is -1.02. The van der Waals surface area contributed by atoms with Crippen molar-refractivity contribution in [3.8, 4) is 5.75 Å². The Morgan fingerprint density at radius 2 is 1.79 bits per heavy atom. The first-order chi connectivity index (χ1) is 9.12. The summed E-state index contributed by atoms with van der Waals surface area (Å²) in [5.41, 5.74) is 3.20. The van der Waals surface area contributed by atoms with Crippen LogP contribution in [0.4, 0.5) is 0 Å². The molecule has 108 valence electrons. The smallest absolute Gasteiger partial charge is 0.125 e. The molecule has 2 heteroatoms. The van der Waals surface area contributed by atoms with Crippen molar-refractivity contribution in [2.75, 3.05) is 6.61 Å². The molecule has 0 heterocycles. The second kappa shape index (κ2) is 8.21. The summed E-state index contributed by atoms with van der Waals surface area (Å²) in [7, 11) is 0. The molecule has 2 nitrogen and oxygen atoms in total. The summed E-state index contributed by atoms with van der Waals surface area (Å²) in [4.78, 5) is 0. The largest absolute Gasteiger partial charge is 0.493 e. The van der Waals surface area contributed by atoms with E-state index in [0.29, 0.717) is 5.92 Å². The lowest BCUT2D eigenvalue weighted by Crippen LogP contribution is -2.12. The van der Waals surface area contributed by atoms with Crippen molar-refractivity contribution in [1.29, 1.82) is 0 Å². The maximum absolute atomic E-state index is 9.19. The molecule has 19 heavy (non-hydrogen) atoms. The first-order valence-corrected chi connectivity index (χ1v) is 7.46. The fourth-order valence-electron chi connectivity index (χ4n) is 2.46. The Labute approximate surface area is 117 Å². The minimum absolute atomic E-state index is 0.0933. The molecule has 1 aromatic carbocycles. The van der Waals surface area contributed by atoms with Crippen LogP contribution < -0.4 is 4.74 Å². The minimum Gasteiger partial charge on any atom is -0.493 e. The molecule has 1 aromatic rings. The quantitative estimate of drug-likeness (QED) is 0.754. The molecular weight excluding hydrogens is 236 g/mol. The van der Waals surface area contributed by atoms with Crippen molar-refractivity contribution in [3.05, 3.63) is 28.8 Å². The number of hydrogen-bond acceptors (Lipinski definition) is 2. The van der Waals surface area contributed by atoms with Crippen molar-refractivity contribution >= 4 is 0 Å². The van der Waals surface area contributed by atoms with Gasteiger partial charge in [-0.3, -0.25) is 0 Å². The van der Waals surface area contributed by atoms with Crippen molar-refractivity contribution < 1.29 is 9.84 Å². The molecule has 1 rings (SSSR count). The highest BCUT2D eigenvalue weighted by molar-refractivity contribution is 5.43. The molecule has 1 atom stereocenters. The zero-order valence-corrected chi connectivity index (χ0v) is 12.8. The van der Waals surface area contributed by atoms with E-state index in [-0.39, 0.29) is 6.61 Å². The van der Waals surface area contributed by atoms with E-state index in [9.17, 15) is 5.11 Å². The fourth-order valence-corrected chi connectivity index (χ4v) is 2.46. The van der Waals surface area contributed by atoms with E-state index in [1.54, 1.807) is 0 Å². The fraction of sp³-hybridized carbons (Fsp3) is 0.647. The van der Waals surface area contributed by atoms with Crippen LogP contribution in [0, 0.1) is 19.8 Å². The zero-order valence-electron chi connectivity index (χ0n) is 12.8. The average molecular weight is 264 g/mol. The Bertz CT molecular complexity index is 362. The third-order valence-corrected chi connectivity index (χ3v) is 3.71. The molecule has 0 radical (unpaired) electrons. The number of rotatable bonds is 8. The number of hydrogen-bond donors (Lipinski definition) is 1. The number of ether oxygens (including phenoxy) is 1. The second-order valence-electron chi connectivity index (χ2n) is 5.44. The Kier molecular flexibility index (Phi) is 6.93. The number of benzene rings is 1. The SMILES string of the molecule is CCCCC(CC)COc1c(C)cc(CO)cc1C. The van der Waals surface area contributed by atoms with Gasteiger partial charge in [0.25, 0.3) is 0 Å². The van der Waals surface area contributed by atoms with Crippen LogP contribution in [0.2, 0.25) is 0 Å². The molecule has 0 saturated carbocycles. The summed E-state index contributed by atoms with van der Waals surface area (Å²) in [6, 6.07) is 4.02. The highest BCUT2D eigenvalue weighted by Crippen LogP contribution is 2.26. The normalized spacial score (nSPS) is 12.5. The van der Waals surface area contributed by atoms with Gasteiger partial charge < -0.3 is 9.84 Å². The first kappa shape index (κ1) is 16.0. The molecular formula is C17H28O2. The highest BCUT2D eigenvalue weighted by atomic mass is 16.5. The van der Waals surface area contributed by atoms with E-state index in [0.717, 1.165) is 29.0 Å². The van der Waals surface area contributed by atoms with Gasteiger partial charge >= 0.3 is 0 Å². The predicted octanol–water partition coefficient (Wildman–Crippen LogP) is 4.39. The maximum atomic E-state index is 9.19. The molecule has 1 unspecified atom stereocenters. The van der Waals surface area contributed by atoms with E-state index >= 15 is 0 Å². The van der Waals surface area contributed by atoms with Gasteiger partial charge in [0, 0.05) is 0 Å². The lowest BCUT2D eigenvalue weighted by molar-refractivity contribution is 0.230. The molecule has 0 amide bonds. The molecule has 0 aromatic heterocycles. The zero-order chi connectivity index (χ0) is 14.3. The van der Waals surface area contributed by atoms with Crippen molar-refractivity contribution in [3.63, 3.8) is 0 Å². The summed E-state index contributed by atoms with van der Waals surface area (Å²) in [5.74, 6) is 1.64. The average Bonchev–Trinajstić information content (AvgIpc) is 2.40. The summed E-state index contributed by atoms with van der Waals surface area (Å²) in [6.07, 6.45) is 4.95. The van der Waals surface area contributed by atoms with Gasteiger partial charge in [-0.05, 0) is 42.9 Å². The van der Waals surface area contributed by atoms with Crippen LogP contribution in [0.25, 0.3) is 0 Å². The maximum Gasteiger partial charge on any atom is 0.125 e. The molecule has 0 aliphatic heterocycles. The van der Waals surface area contributed by atoms with E-state index in [2.05, 4.69) is 27.7 Å². The van der Waals surface area contributed by atoms with Gasteiger partial charge in [0.1, 0.15) is 5.75 Å². The van der Waals surface area contributed by atoms with Gasteiger partial charge in [0.2, 0.25) is 0 Å². The van der Waals surface area contributed by atoms with E-state index in [4.69, 9.17) is 4.74 Å². The van der Waals surface area contributed by atoms with Gasteiger partial charge in [0.05, 0.1) is 13.2 Å². The second-order valence-corrected chi connectivity index (χ2v) is 5.44. The molecule has 0 aliphatic carbocycles.